The maximum atomic E-state index is 12.9. The molecule has 0 atom stereocenters. The van der Waals surface area contributed by atoms with Crippen molar-refractivity contribution in [2.75, 3.05) is 14.2 Å². The van der Waals surface area contributed by atoms with Crippen LogP contribution in [-0.4, -0.2) is 20.0 Å². The zero-order chi connectivity index (χ0) is 16.4. The summed E-state index contributed by atoms with van der Waals surface area (Å²) in [6.07, 6.45) is 0. The third kappa shape index (κ3) is 2.92. The first-order valence-electron chi connectivity index (χ1n) is 6.63. The van der Waals surface area contributed by atoms with Gasteiger partial charge in [-0.3, -0.25) is 4.79 Å². The summed E-state index contributed by atoms with van der Waals surface area (Å²) in [5, 5.41) is 0. The molecule has 2 aromatic rings. The Labute approximate surface area is 146 Å². The Balaban J connectivity index is 2.54. The van der Waals surface area contributed by atoms with Crippen LogP contribution < -0.4 is 9.47 Å². The van der Waals surface area contributed by atoms with Crippen LogP contribution in [0.2, 0.25) is 0 Å². The first-order valence-corrected chi connectivity index (χ1v) is 8.21. The Morgan fingerprint density at radius 3 is 1.50 bits per heavy atom. The molecule has 0 amide bonds. The molecule has 0 N–H and O–H groups in total. The average molecular weight is 428 g/mol. The molecule has 0 saturated carbocycles. The normalized spacial score (nSPS) is 10.5. The summed E-state index contributed by atoms with van der Waals surface area (Å²) in [6, 6.07) is 7.16. The number of ketones is 1. The van der Waals surface area contributed by atoms with E-state index < -0.39 is 0 Å². The summed E-state index contributed by atoms with van der Waals surface area (Å²) in [5.74, 6) is 1.39. The molecule has 0 spiro atoms. The van der Waals surface area contributed by atoms with E-state index in [-0.39, 0.29) is 5.78 Å². The summed E-state index contributed by atoms with van der Waals surface area (Å²) in [4.78, 5) is 12.9. The van der Waals surface area contributed by atoms with Gasteiger partial charge in [0, 0.05) is 11.1 Å². The molecule has 0 radical (unpaired) electrons. The molecule has 116 valence electrons. The molecule has 5 heteroatoms. The zero-order valence-corrected chi connectivity index (χ0v) is 16.0. The molecule has 3 nitrogen and oxygen atoms in total. The number of halogens is 2. The average Bonchev–Trinajstić information content (AvgIpc) is 2.52. The van der Waals surface area contributed by atoms with Gasteiger partial charge in [0.15, 0.2) is 5.78 Å². The van der Waals surface area contributed by atoms with Crippen LogP contribution in [0.3, 0.4) is 0 Å². The third-order valence-electron chi connectivity index (χ3n) is 3.63. The highest BCUT2D eigenvalue weighted by atomic mass is 79.9. The summed E-state index contributed by atoms with van der Waals surface area (Å²) >= 11 is 6.96. The van der Waals surface area contributed by atoms with Gasteiger partial charge in [0.2, 0.25) is 0 Å². The van der Waals surface area contributed by atoms with E-state index in [4.69, 9.17) is 9.47 Å². The summed E-state index contributed by atoms with van der Waals surface area (Å²) in [6.45, 7) is 3.79. The maximum Gasteiger partial charge on any atom is 0.193 e. The van der Waals surface area contributed by atoms with E-state index in [0.717, 1.165) is 20.1 Å². The number of benzene rings is 2. The summed E-state index contributed by atoms with van der Waals surface area (Å²) < 4.78 is 12.1. The lowest BCUT2D eigenvalue weighted by Crippen LogP contribution is -2.07. The van der Waals surface area contributed by atoms with Crippen molar-refractivity contribution in [3.63, 3.8) is 0 Å². The van der Waals surface area contributed by atoms with E-state index in [9.17, 15) is 4.79 Å². The summed E-state index contributed by atoms with van der Waals surface area (Å²) in [5.41, 5.74) is 3.01. The molecular weight excluding hydrogens is 412 g/mol. The van der Waals surface area contributed by atoms with Gasteiger partial charge in [0.05, 0.1) is 23.2 Å². The van der Waals surface area contributed by atoms with Crippen LogP contribution in [0.4, 0.5) is 0 Å². The van der Waals surface area contributed by atoms with Crippen LogP contribution in [0.25, 0.3) is 0 Å². The van der Waals surface area contributed by atoms with Gasteiger partial charge in [0.25, 0.3) is 0 Å². The molecule has 0 fully saturated rings. The first-order chi connectivity index (χ1) is 10.4. The summed E-state index contributed by atoms with van der Waals surface area (Å²) in [7, 11) is 3.21. The SMILES string of the molecule is COc1ccc(C(=O)c2ccc(OC)c(Br)c2C)c(C)c1Br. The minimum absolute atomic E-state index is 0.0262. The first kappa shape index (κ1) is 17.0. The number of carbonyl (C=O) groups is 1. The highest BCUT2D eigenvalue weighted by molar-refractivity contribution is 9.11. The highest BCUT2D eigenvalue weighted by Crippen LogP contribution is 2.34. The van der Waals surface area contributed by atoms with Crippen molar-refractivity contribution in [3.05, 3.63) is 55.5 Å². The second-order valence-corrected chi connectivity index (χ2v) is 6.42. The van der Waals surface area contributed by atoms with Crippen molar-refractivity contribution in [1.29, 1.82) is 0 Å². The Kier molecular flexibility index (Phi) is 5.29. The molecule has 0 aliphatic carbocycles. The van der Waals surface area contributed by atoms with E-state index in [0.29, 0.717) is 22.6 Å². The third-order valence-corrected chi connectivity index (χ3v) is 5.60. The second-order valence-electron chi connectivity index (χ2n) is 4.84. The van der Waals surface area contributed by atoms with Gasteiger partial charge in [-0.25, -0.2) is 0 Å². The van der Waals surface area contributed by atoms with Crippen molar-refractivity contribution < 1.29 is 14.3 Å². The lowest BCUT2D eigenvalue weighted by molar-refractivity contribution is 0.103. The van der Waals surface area contributed by atoms with Gasteiger partial charge in [-0.05, 0) is 81.1 Å². The van der Waals surface area contributed by atoms with Gasteiger partial charge in [-0.15, -0.1) is 0 Å². The number of rotatable bonds is 4. The van der Waals surface area contributed by atoms with E-state index in [1.54, 1.807) is 38.5 Å². The highest BCUT2D eigenvalue weighted by Gasteiger charge is 2.19. The molecule has 0 aliphatic rings. The minimum atomic E-state index is -0.0262. The van der Waals surface area contributed by atoms with Gasteiger partial charge in [-0.2, -0.15) is 0 Å². The Hall–Kier alpha value is -1.33. The predicted molar refractivity (Wildman–Crippen MR) is 94.3 cm³/mol. The molecule has 2 rings (SSSR count). The number of methoxy groups -OCH3 is 2. The van der Waals surface area contributed by atoms with E-state index >= 15 is 0 Å². The van der Waals surface area contributed by atoms with Crippen molar-refractivity contribution in [1.82, 2.24) is 0 Å². The van der Waals surface area contributed by atoms with Crippen LogP contribution in [0.5, 0.6) is 11.5 Å². The fourth-order valence-corrected chi connectivity index (χ4v) is 3.29. The Morgan fingerprint density at radius 1 is 0.818 bits per heavy atom. The van der Waals surface area contributed by atoms with Crippen molar-refractivity contribution >= 4 is 37.6 Å². The van der Waals surface area contributed by atoms with Crippen molar-refractivity contribution in [2.24, 2.45) is 0 Å². The van der Waals surface area contributed by atoms with E-state index in [1.807, 2.05) is 13.8 Å². The molecule has 22 heavy (non-hydrogen) atoms. The molecule has 0 saturated heterocycles. The smallest absolute Gasteiger partial charge is 0.193 e. The number of hydrogen-bond acceptors (Lipinski definition) is 3. The standard InChI is InChI=1S/C17H16Br2O3/c1-9-11(5-7-13(21-3)15(9)18)17(20)12-6-8-14(22-4)16(19)10(12)2/h5-8H,1-4H3. The quantitative estimate of drug-likeness (QED) is 0.638. The van der Waals surface area contributed by atoms with E-state index in [2.05, 4.69) is 31.9 Å². The monoisotopic (exact) mass is 426 g/mol. The van der Waals surface area contributed by atoms with Gasteiger partial charge >= 0.3 is 0 Å². The lowest BCUT2D eigenvalue weighted by atomic mass is 9.96. The number of ether oxygens (including phenoxy) is 2. The lowest BCUT2D eigenvalue weighted by Gasteiger charge is -2.14. The van der Waals surface area contributed by atoms with E-state index in [1.165, 1.54) is 0 Å². The molecule has 0 aromatic heterocycles. The van der Waals surface area contributed by atoms with Crippen molar-refractivity contribution in [2.45, 2.75) is 13.8 Å². The fraction of sp³-hybridized carbons (Fsp3) is 0.235. The van der Waals surface area contributed by atoms with Crippen molar-refractivity contribution in [3.8, 4) is 11.5 Å². The van der Waals surface area contributed by atoms with Gasteiger partial charge in [-0.1, -0.05) is 0 Å². The molecule has 0 aliphatic heterocycles. The molecule has 0 heterocycles. The maximum absolute atomic E-state index is 12.9. The zero-order valence-electron chi connectivity index (χ0n) is 12.8. The molecule has 0 unspecified atom stereocenters. The number of hydrogen-bond donors (Lipinski definition) is 0. The van der Waals surface area contributed by atoms with Gasteiger partial charge in [0.1, 0.15) is 11.5 Å². The second kappa shape index (κ2) is 6.84. The van der Waals surface area contributed by atoms with Gasteiger partial charge < -0.3 is 9.47 Å². The predicted octanol–water partition coefficient (Wildman–Crippen LogP) is 5.08. The molecule has 0 bridgehead atoms. The minimum Gasteiger partial charge on any atom is -0.496 e. The molecule has 2 aromatic carbocycles. The largest absolute Gasteiger partial charge is 0.496 e. The van der Waals surface area contributed by atoms with Crippen LogP contribution >= 0.6 is 31.9 Å². The fourth-order valence-electron chi connectivity index (χ4n) is 2.27. The van der Waals surface area contributed by atoms with Crippen LogP contribution in [0.1, 0.15) is 27.0 Å². The topological polar surface area (TPSA) is 35.5 Å². The Bertz CT molecular complexity index is 678. The molecular formula is C17H16Br2O3. The van der Waals surface area contributed by atoms with Crippen LogP contribution in [0.15, 0.2) is 33.2 Å². The van der Waals surface area contributed by atoms with Crippen LogP contribution in [-0.2, 0) is 0 Å². The Morgan fingerprint density at radius 2 is 1.18 bits per heavy atom. The van der Waals surface area contributed by atoms with Crippen LogP contribution in [0, 0.1) is 13.8 Å². The number of carbonyl (C=O) groups excluding carboxylic acids is 1.